The lowest BCUT2D eigenvalue weighted by atomic mass is 9.96. The molecule has 1 aliphatic rings. The van der Waals surface area contributed by atoms with Crippen LogP contribution < -0.4 is 0 Å². The zero-order chi connectivity index (χ0) is 10.4. The van der Waals surface area contributed by atoms with Crippen LogP contribution in [-0.4, -0.2) is 24.5 Å². The van der Waals surface area contributed by atoms with Crippen molar-refractivity contribution in [1.82, 2.24) is 4.90 Å². The molecule has 14 heavy (non-hydrogen) atoms. The van der Waals surface area contributed by atoms with Crippen molar-refractivity contribution in [1.29, 1.82) is 0 Å². The van der Waals surface area contributed by atoms with Crippen LogP contribution in [0.3, 0.4) is 0 Å². The highest BCUT2D eigenvalue weighted by Crippen LogP contribution is 2.18. The first-order valence-electron chi connectivity index (χ1n) is 6.48. The zero-order valence-corrected chi connectivity index (χ0v) is 10.3. The van der Waals surface area contributed by atoms with Crippen molar-refractivity contribution < 1.29 is 0 Å². The van der Waals surface area contributed by atoms with Crippen molar-refractivity contribution in [2.24, 2.45) is 11.8 Å². The second-order valence-corrected chi connectivity index (χ2v) is 5.00. The minimum atomic E-state index is 0.967. The molecule has 0 aliphatic carbocycles. The van der Waals surface area contributed by atoms with Gasteiger partial charge in [-0.3, -0.25) is 0 Å². The van der Waals surface area contributed by atoms with Gasteiger partial charge in [0.1, 0.15) is 0 Å². The predicted molar refractivity (Wildman–Crippen MR) is 63.5 cm³/mol. The van der Waals surface area contributed by atoms with Crippen molar-refractivity contribution >= 4 is 0 Å². The molecule has 0 aromatic carbocycles. The molecule has 0 saturated carbocycles. The van der Waals surface area contributed by atoms with E-state index in [9.17, 15) is 0 Å². The maximum absolute atomic E-state index is 2.66. The van der Waals surface area contributed by atoms with Gasteiger partial charge in [-0.1, -0.05) is 33.6 Å². The Hall–Kier alpha value is -0.0400. The Morgan fingerprint density at radius 3 is 2.21 bits per heavy atom. The van der Waals surface area contributed by atoms with Crippen molar-refractivity contribution in [3.63, 3.8) is 0 Å². The van der Waals surface area contributed by atoms with Gasteiger partial charge >= 0.3 is 0 Å². The molecule has 1 nitrogen and oxygen atoms in total. The van der Waals surface area contributed by atoms with E-state index in [0.29, 0.717) is 0 Å². The van der Waals surface area contributed by atoms with Gasteiger partial charge in [0.15, 0.2) is 0 Å². The fourth-order valence-electron chi connectivity index (χ4n) is 2.35. The number of hydrogen-bond acceptors (Lipinski definition) is 1. The summed E-state index contributed by atoms with van der Waals surface area (Å²) in [7, 11) is 0. The van der Waals surface area contributed by atoms with Gasteiger partial charge < -0.3 is 4.90 Å². The van der Waals surface area contributed by atoms with Crippen molar-refractivity contribution in [2.45, 2.75) is 52.9 Å². The SMILES string of the molecule is CCC(CC)CCN1CCC(C)CC1. The summed E-state index contributed by atoms with van der Waals surface area (Å²) in [4.78, 5) is 2.66. The van der Waals surface area contributed by atoms with E-state index >= 15 is 0 Å². The average molecular weight is 197 g/mol. The molecule has 0 N–H and O–H groups in total. The van der Waals surface area contributed by atoms with Crippen LogP contribution in [0.15, 0.2) is 0 Å². The molecular weight excluding hydrogens is 170 g/mol. The quantitative estimate of drug-likeness (QED) is 0.651. The van der Waals surface area contributed by atoms with Crippen LogP contribution >= 0.6 is 0 Å². The molecule has 0 amide bonds. The Morgan fingerprint density at radius 2 is 1.71 bits per heavy atom. The highest BCUT2D eigenvalue weighted by molar-refractivity contribution is 4.70. The first-order chi connectivity index (χ1) is 6.76. The Morgan fingerprint density at radius 1 is 1.14 bits per heavy atom. The van der Waals surface area contributed by atoms with Crippen molar-refractivity contribution in [3.8, 4) is 0 Å². The lowest BCUT2D eigenvalue weighted by Gasteiger charge is -2.31. The van der Waals surface area contributed by atoms with Gasteiger partial charge in [0.05, 0.1) is 0 Å². The molecule has 0 unspecified atom stereocenters. The normalized spacial score (nSPS) is 20.6. The van der Waals surface area contributed by atoms with Crippen LogP contribution in [0.25, 0.3) is 0 Å². The highest BCUT2D eigenvalue weighted by atomic mass is 15.1. The Kier molecular flexibility index (Phi) is 5.54. The molecule has 1 heteroatoms. The number of rotatable bonds is 5. The molecule has 0 atom stereocenters. The summed E-state index contributed by atoms with van der Waals surface area (Å²) in [6.07, 6.45) is 6.98. The molecule has 0 aromatic heterocycles. The van der Waals surface area contributed by atoms with Crippen LogP contribution in [-0.2, 0) is 0 Å². The van der Waals surface area contributed by atoms with E-state index in [4.69, 9.17) is 0 Å². The van der Waals surface area contributed by atoms with Crippen LogP contribution in [0.4, 0.5) is 0 Å². The molecule has 1 heterocycles. The first-order valence-corrected chi connectivity index (χ1v) is 6.48. The number of nitrogens with zero attached hydrogens (tertiary/aromatic N) is 1. The second-order valence-electron chi connectivity index (χ2n) is 5.00. The molecule has 1 rings (SSSR count). The molecule has 1 fully saturated rings. The largest absolute Gasteiger partial charge is 0.303 e. The summed E-state index contributed by atoms with van der Waals surface area (Å²) < 4.78 is 0. The minimum absolute atomic E-state index is 0.967. The van der Waals surface area contributed by atoms with Gasteiger partial charge in [-0.25, -0.2) is 0 Å². The van der Waals surface area contributed by atoms with E-state index < -0.39 is 0 Å². The van der Waals surface area contributed by atoms with E-state index in [0.717, 1.165) is 11.8 Å². The summed E-state index contributed by atoms with van der Waals surface area (Å²) in [6.45, 7) is 11.1. The lowest BCUT2D eigenvalue weighted by Crippen LogP contribution is -2.34. The van der Waals surface area contributed by atoms with Gasteiger partial charge in [-0.2, -0.15) is 0 Å². The maximum atomic E-state index is 2.66. The topological polar surface area (TPSA) is 3.24 Å². The Bertz CT molecular complexity index is 132. The van der Waals surface area contributed by atoms with Crippen LogP contribution in [0, 0.1) is 11.8 Å². The third kappa shape index (κ3) is 4.00. The summed E-state index contributed by atoms with van der Waals surface area (Å²) >= 11 is 0. The van der Waals surface area contributed by atoms with E-state index in [1.807, 2.05) is 0 Å². The number of piperidine rings is 1. The smallest absolute Gasteiger partial charge is 0.00161 e. The van der Waals surface area contributed by atoms with Crippen LogP contribution in [0.1, 0.15) is 52.9 Å². The molecule has 0 radical (unpaired) electrons. The lowest BCUT2D eigenvalue weighted by molar-refractivity contribution is 0.179. The molecule has 0 aromatic rings. The van der Waals surface area contributed by atoms with Crippen LogP contribution in [0.2, 0.25) is 0 Å². The first kappa shape index (κ1) is 12.0. The summed E-state index contributed by atoms with van der Waals surface area (Å²) in [6, 6.07) is 0. The third-order valence-corrected chi connectivity index (χ3v) is 3.88. The minimum Gasteiger partial charge on any atom is -0.303 e. The van der Waals surface area contributed by atoms with E-state index in [-0.39, 0.29) is 0 Å². The summed E-state index contributed by atoms with van der Waals surface area (Å²) in [5.74, 6) is 1.94. The van der Waals surface area contributed by atoms with Gasteiger partial charge in [0.2, 0.25) is 0 Å². The van der Waals surface area contributed by atoms with Crippen molar-refractivity contribution in [3.05, 3.63) is 0 Å². The fourth-order valence-corrected chi connectivity index (χ4v) is 2.35. The van der Waals surface area contributed by atoms with E-state index in [2.05, 4.69) is 25.7 Å². The highest BCUT2D eigenvalue weighted by Gasteiger charge is 2.15. The molecule has 84 valence electrons. The third-order valence-electron chi connectivity index (χ3n) is 3.88. The number of hydrogen-bond donors (Lipinski definition) is 0. The van der Waals surface area contributed by atoms with Crippen molar-refractivity contribution in [2.75, 3.05) is 19.6 Å². The average Bonchev–Trinajstić information content (AvgIpc) is 2.22. The summed E-state index contributed by atoms with van der Waals surface area (Å²) in [5.41, 5.74) is 0. The maximum Gasteiger partial charge on any atom is -0.00161 e. The van der Waals surface area contributed by atoms with Gasteiger partial charge in [0, 0.05) is 0 Å². The fraction of sp³-hybridized carbons (Fsp3) is 1.00. The monoisotopic (exact) mass is 197 g/mol. The van der Waals surface area contributed by atoms with E-state index in [1.54, 1.807) is 0 Å². The Labute approximate surface area is 89.9 Å². The van der Waals surface area contributed by atoms with Gasteiger partial charge in [0.25, 0.3) is 0 Å². The molecule has 1 saturated heterocycles. The zero-order valence-electron chi connectivity index (χ0n) is 10.3. The Balaban J connectivity index is 2.12. The van der Waals surface area contributed by atoms with Crippen LogP contribution in [0.5, 0.6) is 0 Å². The molecule has 0 bridgehead atoms. The second kappa shape index (κ2) is 6.44. The van der Waals surface area contributed by atoms with E-state index in [1.165, 1.54) is 51.7 Å². The molecule has 0 spiro atoms. The van der Waals surface area contributed by atoms with Gasteiger partial charge in [-0.15, -0.1) is 0 Å². The standard InChI is InChI=1S/C13H27N/c1-4-13(5-2)8-11-14-9-6-12(3)7-10-14/h12-13H,4-11H2,1-3H3. The summed E-state index contributed by atoms with van der Waals surface area (Å²) in [5, 5.41) is 0. The molecule has 1 aliphatic heterocycles. The predicted octanol–water partition coefficient (Wildman–Crippen LogP) is 3.54. The molecular formula is C13H27N. The van der Waals surface area contributed by atoms with Gasteiger partial charge in [-0.05, 0) is 50.7 Å². The number of likely N-dealkylation sites (tertiary alicyclic amines) is 1.